The lowest BCUT2D eigenvalue weighted by atomic mass is 10.0. The van der Waals surface area contributed by atoms with Gasteiger partial charge in [0.15, 0.2) is 0 Å². The van der Waals surface area contributed by atoms with Crippen molar-refractivity contribution in [2.24, 2.45) is 0 Å². The number of benzene rings is 3. The summed E-state index contributed by atoms with van der Waals surface area (Å²) in [5.41, 5.74) is 0. The molecule has 0 saturated heterocycles. The maximum absolute atomic E-state index is 8.78. The highest BCUT2D eigenvalue weighted by atomic mass is 16.5. The third-order valence-corrected chi connectivity index (χ3v) is 2.95. The molecule has 0 atom stereocenters. The van der Waals surface area contributed by atoms with Crippen molar-refractivity contribution in [3.8, 4) is 5.75 Å². The van der Waals surface area contributed by atoms with Crippen LogP contribution in [0.3, 0.4) is 0 Å². The largest absolute Gasteiger partial charge is 0.539 e. The molecule has 0 fully saturated rings. The van der Waals surface area contributed by atoms with Crippen molar-refractivity contribution in [1.29, 1.82) is 0 Å². The van der Waals surface area contributed by atoms with Gasteiger partial charge in [0, 0.05) is 0 Å². The zero-order valence-electron chi connectivity index (χ0n) is 9.26. The number of rotatable bonds is 2. The monoisotopic (exact) mass is 222 g/mol. The number of hydrogen-bond acceptors (Lipinski definition) is 2. The van der Waals surface area contributed by atoms with Crippen molar-refractivity contribution in [2.45, 2.75) is 0 Å². The smallest absolute Gasteiger partial charge is 0.504 e. The Morgan fingerprint density at radius 3 is 2.35 bits per heavy atom. The first kappa shape index (κ1) is 10.2. The van der Waals surface area contributed by atoms with Crippen molar-refractivity contribution in [2.75, 3.05) is 0 Å². The van der Waals surface area contributed by atoms with E-state index in [1.807, 2.05) is 30.3 Å². The summed E-state index contributed by atoms with van der Waals surface area (Å²) in [6, 6.07) is 18.3. The number of fused-ring (bicyclic) bond motifs is 3. The summed E-state index contributed by atoms with van der Waals surface area (Å²) in [5, 5.41) is 13.5. The maximum Gasteiger partial charge on any atom is 0.504 e. The van der Waals surface area contributed by atoms with Crippen LogP contribution in [0.15, 0.2) is 54.6 Å². The van der Waals surface area contributed by atoms with Crippen molar-refractivity contribution in [3.63, 3.8) is 0 Å². The third-order valence-electron chi connectivity index (χ3n) is 2.95. The van der Waals surface area contributed by atoms with Crippen LogP contribution in [0.2, 0.25) is 0 Å². The van der Waals surface area contributed by atoms with E-state index in [1.54, 1.807) is 0 Å². The zero-order valence-corrected chi connectivity index (χ0v) is 9.26. The Morgan fingerprint density at radius 2 is 1.53 bits per heavy atom. The van der Waals surface area contributed by atoms with Crippen LogP contribution in [-0.2, 0) is 0 Å². The first-order valence-electron chi connectivity index (χ1n) is 5.54. The molecule has 3 aromatic carbocycles. The molecule has 0 radical (unpaired) electrons. The summed E-state index contributed by atoms with van der Waals surface area (Å²) in [4.78, 5) is 0. The van der Waals surface area contributed by atoms with Crippen molar-refractivity contribution in [1.82, 2.24) is 0 Å². The van der Waals surface area contributed by atoms with E-state index in [4.69, 9.17) is 9.68 Å². The Kier molecular flexibility index (Phi) is 2.46. The van der Waals surface area contributed by atoms with Crippen molar-refractivity contribution < 1.29 is 9.68 Å². The molecule has 0 unspecified atom stereocenters. The molecule has 82 valence electrons. The molecule has 0 bridgehead atoms. The molecule has 0 aliphatic carbocycles. The maximum atomic E-state index is 8.78. The quantitative estimate of drug-likeness (QED) is 0.533. The van der Waals surface area contributed by atoms with Crippen LogP contribution >= 0.6 is 0 Å². The molecule has 0 aromatic heterocycles. The molecular weight excluding hydrogens is 211 g/mol. The molecule has 0 saturated carbocycles. The third kappa shape index (κ3) is 1.75. The minimum absolute atomic E-state index is 0.295. The van der Waals surface area contributed by atoms with E-state index < -0.39 is 0 Å². The highest BCUT2D eigenvalue weighted by Gasteiger charge is 2.02. The normalized spacial score (nSPS) is 10.6. The Labute approximate surface area is 99.8 Å². The highest BCUT2D eigenvalue weighted by Crippen LogP contribution is 2.28. The second-order valence-corrected chi connectivity index (χ2v) is 3.94. The summed E-state index contributed by atoms with van der Waals surface area (Å²) < 4.78 is 5.12. The molecule has 2 nitrogen and oxygen atoms in total. The Balaban J connectivity index is 2.34. The lowest BCUT2D eigenvalue weighted by molar-refractivity contribution is 0.454. The SMILES string of the molecule is OBOc1ccc2ccc3ccccc3c2c1. The molecule has 1 N–H and O–H groups in total. The van der Waals surface area contributed by atoms with Gasteiger partial charge in [-0.2, -0.15) is 0 Å². The second-order valence-electron chi connectivity index (χ2n) is 3.94. The van der Waals surface area contributed by atoms with E-state index in [0.29, 0.717) is 5.75 Å². The highest BCUT2D eigenvalue weighted by molar-refractivity contribution is 6.17. The van der Waals surface area contributed by atoms with Gasteiger partial charge in [0.25, 0.3) is 0 Å². The average Bonchev–Trinajstić information content (AvgIpc) is 2.39. The van der Waals surface area contributed by atoms with Gasteiger partial charge in [0.05, 0.1) is 0 Å². The summed E-state index contributed by atoms with van der Waals surface area (Å²) in [6.45, 7) is 0. The van der Waals surface area contributed by atoms with Gasteiger partial charge in [-0.15, -0.1) is 0 Å². The molecule has 3 aromatic rings. The molecule has 3 heteroatoms. The first-order valence-corrected chi connectivity index (χ1v) is 5.54. The molecule has 0 heterocycles. The summed E-state index contributed by atoms with van der Waals surface area (Å²) in [7, 11) is -0.295. The lowest BCUT2D eigenvalue weighted by Gasteiger charge is -2.07. The van der Waals surface area contributed by atoms with Crippen LogP contribution in [0.25, 0.3) is 21.5 Å². The van der Waals surface area contributed by atoms with Gasteiger partial charge >= 0.3 is 7.69 Å². The summed E-state index contributed by atoms with van der Waals surface area (Å²) >= 11 is 0. The van der Waals surface area contributed by atoms with Crippen molar-refractivity contribution >= 4 is 29.2 Å². The van der Waals surface area contributed by atoms with E-state index in [2.05, 4.69) is 24.3 Å². The standard InChI is InChI=1S/C14H11BO2/c16-15-17-12-8-7-11-6-5-10-3-1-2-4-13(10)14(11)9-12/h1-9,15-16H. The molecule has 3 rings (SSSR count). The minimum Gasteiger partial charge on any atom is -0.539 e. The van der Waals surface area contributed by atoms with Crippen molar-refractivity contribution in [3.05, 3.63) is 54.6 Å². The minimum atomic E-state index is -0.295. The fourth-order valence-electron chi connectivity index (χ4n) is 2.15. The number of hydrogen-bond donors (Lipinski definition) is 1. The van der Waals surface area contributed by atoms with E-state index in [1.165, 1.54) is 16.2 Å². The molecule has 0 amide bonds. The summed E-state index contributed by atoms with van der Waals surface area (Å²) in [6.07, 6.45) is 0. The Hall–Kier alpha value is -2.00. The van der Waals surface area contributed by atoms with Gasteiger partial charge in [-0.05, 0) is 33.7 Å². The first-order chi connectivity index (χ1) is 8.38. The van der Waals surface area contributed by atoms with Crippen LogP contribution in [0.1, 0.15) is 0 Å². The molecule has 0 aliphatic rings. The predicted octanol–water partition coefficient (Wildman–Crippen LogP) is 2.63. The van der Waals surface area contributed by atoms with E-state index in [-0.39, 0.29) is 7.69 Å². The Morgan fingerprint density at radius 1 is 0.824 bits per heavy atom. The fourth-order valence-corrected chi connectivity index (χ4v) is 2.15. The van der Waals surface area contributed by atoms with Gasteiger partial charge in [-0.1, -0.05) is 42.5 Å². The van der Waals surface area contributed by atoms with Gasteiger partial charge in [0.1, 0.15) is 5.75 Å². The van der Waals surface area contributed by atoms with Crippen LogP contribution < -0.4 is 4.65 Å². The van der Waals surface area contributed by atoms with Gasteiger partial charge in [-0.3, -0.25) is 0 Å². The molecule has 0 spiro atoms. The Bertz CT molecular complexity index is 679. The van der Waals surface area contributed by atoms with Crippen LogP contribution in [0.5, 0.6) is 5.75 Å². The fraction of sp³-hybridized carbons (Fsp3) is 0. The molecular formula is C14H11BO2. The zero-order chi connectivity index (χ0) is 11.7. The lowest BCUT2D eigenvalue weighted by Crippen LogP contribution is -1.99. The van der Waals surface area contributed by atoms with Crippen LogP contribution in [0, 0.1) is 0 Å². The van der Waals surface area contributed by atoms with E-state index in [9.17, 15) is 0 Å². The van der Waals surface area contributed by atoms with Gasteiger partial charge < -0.3 is 9.68 Å². The van der Waals surface area contributed by atoms with Crippen LogP contribution in [0.4, 0.5) is 0 Å². The van der Waals surface area contributed by atoms with Crippen LogP contribution in [-0.4, -0.2) is 12.7 Å². The second kappa shape index (κ2) is 4.11. The molecule has 17 heavy (non-hydrogen) atoms. The molecule has 0 aliphatic heterocycles. The topological polar surface area (TPSA) is 29.5 Å². The van der Waals surface area contributed by atoms with E-state index >= 15 is 0 Å². The van der Waals surface area contributed by atoms with Gasteiger partial charge in [0.2, 0.25) is 0 Å². The average molecular weight is 222 g/mol. The van der Waals surface area contributed by atoms with E-state index in [0.717, 1.165) is 5.39 Å². The summed E-state index contributed by atoms with van der Waals surface area (Å²) in [5.74, 6) is 0.691. The van der Waals surface area contributed by atoms with Gasteiger partial charge in [-0.25, -0.2) is 0 Å². The predicted molar refractivity (Wildman–Crippen MR) is 71.4 cm³/mol.